The van der Waals surface area contributed by atoms with Crippen molar-refractivity contribution in [3.8, 4) is 0 Å². The van der Waals surface area contributed by atoms with Crippen LogP contribution in [0.4, 0.5) is 34.1 Å². The fraction of sp³-hybridized carbons (Fsp3) is 0.156. The molecule has 68 heavy (non-hydrogen) atoms. The van der Waals surface area contributed by atoms with E-state index in [9.17, 15) is 0 Å². The van der Waals surface area contributed by atoms with Crippen LogP contribution in [-0.2, 0) is 10.8 Å². The van der Waals surface area contributed by atoms with Gasteiger partial charge in [0.2, 0.25) is 0 Å². The number of aromatic nitrogens is 2. The Balaban J connectivity index is 1.17. The van der Waals surface area contributed by atoms with Crippen molar-refractivity contribution in [2.75, 3.05) is 9.80 Å². The Hall–Kier alpha value is -7.82. The molecular weight excluding hydrogens is 825 g/mol. The molecule has 0 aliphatic rings. The van der Waals surface area contributed by atoms with Crippen molar-refractivity contribution < 1.29 is 0 Å². The van der Waals surface area contributed by atoms with E-state index < -0.39 is 0 Å². The van der Waals surface area contributed by atoms with Gasteiger partial charge in [0.1, 0.15) is 0 Å². The summed E-state index contributed by atoms with van der Waals surface area (Å²) >= 11 is 0. The van der Waals surface area contributed by atoms with E-state index in [1.54, 1.807) is 0 Å². The Bertz CT molecular complexity index is 3850. The number of benzene rings is 9. The SMILES string of the molecule is Cc1ccccc1N(c1ccccc1)c1ccc2c3cc4c(cc3n3c5ccc(C(C)(C)C)cc5c1c23)c1ccc(N(c2ccccc2)c2ccccc2C)c2c3cc(C(C)(C)C)ccc3n4c12. The third-order valence-electron chi connectivity index (χ3n) is 14.9. The lowest BCUT2D eigenvalue weighted by atomic mass is 9.86. The molecular formula is C64H54N4. The Morgan fingerprint density at radius 3 is 1.09 bits per heavy atom. The lowest BCUT2D eigenvalue weighted by Crippen LogP contribution is -2.12. The highest BCUT2D eigenvalue weighted by molar-refractivity contribution is 6.32. The molecule has 0 atom stereocenters. The van der Waals surface area contributed by atoms with Crippen LogP contribution in [0.25, 0.3) is 76.2 Å². The highest BCUT2D eigenvalue weighted by atomic mass is 15.2. The molecule has 9 aromatic carbocycles. The molecule has 4 heteroatoms. The van der Waals surface area contributed by atoms with Gasteiger partial charge in [0.15, 0.2) is 0 Å². The minimum atomic E-state index is -0.0188. The van der Waals surface area contributed by atoms with Crippen LogP contribution in [0.15, 0.2) is 182 Å². The lowest BCUT2D eigenvalue weighted by molar-refractivity contribution is 0.591. The maximum absolute atomic E-state index is 2.58. The quantitative estimate of drug-likeness (QED) is 0.165. The van der Waals surface area contributed by atoms with E-state index in [0.29, 0.717) is 0 Å². The van der Waals surface area contributed by atoms with Crippen molar-refractivity contribution in [2.24, 2.45) is 0 Å². The number of rotatable bonds is 6. The maximum Gasteiger partial charge on any atom is 0.0641 e. The average Bonchev–Trinajstić information content (AvgIpc) is 4.06. The zero-order valence-corrected chi connectivity index (χ0v) is 40.1. The van der Waals surface area contributed by atoms with E-state index in [0.717, 1.165) is 11.4 Å². The number of para-hydroxylation sites is 4. The van der Waals surface area contributed by atoms with E-state index in [-0.39, 0.29) is 10.8 Å². The summed E-state index contributed by atoms with van der Waals surface area (Å²) in [7, 11) is 0. The van der Waals surface area contributed by atoms with E-state index in [4.69, 9.17) is 0 Å². The summed E-state index contributed by atoms with van der Waals surface area (Å²) in [6.45, 7) is 18.4. The summed E-state index contributed by atoms with van der Waals surface area (Å²) < 4.78 is 5.16. The van der Waals surface area contributed by atoms with Crippen molar-refractivity contribution in [3.63, 3.8) is 0 Å². The molecule has 0 N–H and O–H groups in total. The number of hydrogen-bond donors (Lipinski definition) is 0. The Kier molecular flexibility index (Phi) is 8.53. The molecule has 4 nitrogen and oxygen atoms in total. The van der Waals surface area contributed by atoms with Crippen molar-refractivity contribution in [2.45, 2.75) is 66.2 Å². The van der Waals surface area contributed by atoms with Gasteiger partial charge in [-0.05, 0) is 132 Å². The van der Waals surface area contributed by atoms with Crippen molar-refractivity contribution in [1.82, 2.24) is 8.80 Å². The molecule has 13 aromatic rings. The molecule has 330 valence electrons. The molecule has 0 radical (unpaired) electrons. The van der Waals surface area contributed by atoms with Crippen LogP contribution in [0.5, 0.6) is 0 Å². The third-order valence-corrected chi connectivity index (χ3v) is 14.9. The number of anilines is 6. The molecule has 4 aromatic heterocycles. The van der Waals surface area contributed by atoms with Crippen molar-refractivity contribution >= 4 is 110 Å². The van der Waals surface area contributed by atoms with Gasteiger partial charge in [0.05, 0.1) is 44.5 Å². The van der Waals surface area contributed by atoms with Gasteiger partial charge >= 0.3 is 0 Å². The van der Waals surface area contributed by atoms with Gasteiger partial charge in [-0.25, -0.2) is 0 Å². The third kappa shape index (κ3) is 5.73. The highest BCUT2D eigenvalue weighted by Gasteiger charge is 2.30. The molecule has 0 unspecified atom stereocenters. The average molecular weight is 879 g/mol. The van der Waals surface area contributed by atoms with Crippen molar-refractivity contribution in [3.05, 3.63) is 204 Å². The van der Waals surface area contributed by atoms with Crippen LogP contribution in [-0.4, -0.2) is 8.80 Å². The molecule has 0 saturated heterocycles. The molecule has 0 aliphatic heterocycles. The van der Waals surface area contributed by atoms with E-state index in [1.807, 2.05) is 0 Å². The zero-order chi connectivity index (χ0) is 46.4. The van der Waals surface area contributed by atoms with Crippen LogP contribution in [0.3, 0.4) is 0 Å². The van der Waals surface area contributed by atoms with Gasteiger partial charge in [0.25, 0.3) is 0 Å². The molecule has 4 heterocycles. The summed E-state index contributed by atoms with van der Waals surface area (Å²) in [5.41, 5.74) is 19.5. The summed E-state index contributed by atoms with van der Waals surface area (Å²) in [6.07, 6.45) is 0. The lowest BCUT2D eigenvalue weighted by Gasteiger charge is -2.28. The number of aryl methyl sites for hydroxylation is 2. The van der Waals surface area contributed by atoms with Gasteiger partial charge in [0, 0.05) is 65.8 Å². The van der Waals surface area contributed by atoms with E-state index in [1.165, 1.54) is 121 Å². The molecule has 0 spiro atoms. The Morgan fingerprint density at radius 2 is 0.706 bits per heavy atom. The molecule has 0 bridgehead atoms. The molecule has 0 aliphatic carbocycles. The molecule has 13 rings (SSSR count). The largest absolute Gasteiger partial charge is 0.310 e. The number of nitrogens with zero attached hydrogens (tertiary/aromatic N) is 4. The van der Waals surface area contributed by atoms with Crippen LogP contribution in [0.1, 0.15) is 63.8 Å². The highest BCUT2D eigenvalue weighted by Crippen LogP contribution is 2.52. The second-order valence-corrected chi connectivity index (χ2v) is 21.1. The number of hydrogen-bond acceptors (Lipinski definition) is 2. The predicted molar refractivity (Wildman–Crippen MR) is 292 cm³/mol. The second-order valence-electron chi connectivity index (χ2n) is 21.1. The van der Waals surface area contributed by atoms with Gasteiger partial charge < -0.3 is 18.6 Å². The second kappa shape index (κ2) is 14.3. The Labute approximate surface area is 397 Å². The molecule has 0 saturated carbocycles. The molecule has 0 amide bonds. The first-order chi connectivity index (χ1) is 32.9. The topological polar surface area (TPSA) is 15.3 Å². The Morgan fingerprint density at radius 1 is 0.324 bits per heavy atom. The van der Waals surface area contributed by atoms with Gasteiger partial charge in [-0.15, -0.1) is 0 Å². The summed E-state index contributed by atoms with van der Waals surface area (Å²) in [5, 5.41) is 10.2. The minimum absolute atomic E-state index is 0.0188. The van der Waals surface area contributed by atoms with Crippen LogP contribution in [0.2, 0.25) is 0 Å². The first-order valence-corrected chi connectivity index (χ1v) is 24.1. The zero-order valence-electron chi connectivity index (χ0n) is 40.1. The van der Waals surface area contributed by atoms with E-state index >= 15 is 0 Å². The van der Waals surface area contributed by atoms with Gasteiger partial charge in [-0.2, -0.15) is 0 Å². The van der Waals surface area contributed by atoms with Gasteiger partial charge in [-0.1, -0.05) is 139 Å². The van der Waals surface area contributed by atoms with Crippen LogP contribution >= 0.6 is 0 Å². The fourth-order valence-corrected chi connectivity index (χ4v) is 11.5. The first-order valence-electron chi connectivity index (χ1n) is 24.1. The summed E-state index contributed by atoms with van der Waals surface area (Å²) in [4.78, 5) is 4.95. The maximum atomic E-state index is 2.58. The minimum Gasteiger partial charge on any atom is -0.310 e. The number of fused-ring (bicyclic) bond motifs is 12. The van der Waals surface area contributed by atoms with Crippen molar-refractivity contribution in [1.29, 1.82) is 0 Å². The van der Waals surface area contributed by atoms with Gasteiger partial charge in [-0.3, -0.25) is 0 Å². The molecule has 0 fully saturated rings. The summed E-state index contributed by atoms with van der Waals surface area (Å²) in [6, 6.07) is 68.3. The smallest absolute Gasteiger partial charge is 0.0641 e. The van der Waals surface area contributed by atoms with Crippen LogP contribution < -0.4 is 9.80 Å². The predicted octanol–water partition coefficient (Wildman–Crippen LogP) is 18.1. The fourth-order valence-electron chi connectivity index (χ4n) is 11.5. The normalized spacial score (nSPS) is 12.7. The monoisotopic (exact) mass is 878 g/mol. The summed E-state index contributed by atoms with van der Waals surface area (Å²) in [5.74, 6) is 0. The van der Waals surface area contributed by atoms with E-state index in [2.05, 4.69) is 256 Å². The first kappa shape index (κ1) is 40.5. The standard InChI is InChI=1S/C64H54N4/c1-39-19-15-17-25-51(39)65(43-21-11-9-12-22-43)55-33-29-45-47-37-58-48(38-57(47)67-53-31-27-41(63(3,4)5)35-49(53)59(55)61(45)67)46-30-34-56(66(44-23-13-10-14-24-44)52-26-18-16-20-40(52)2)60-50-36-42(64(6,7)8)28-32-54(50)68(58)62(46)60/h9-38H,1-8H3. The van der Waals surface area contributed by atoms with Crippen LogP contribution in [0, 0.1) is 13.8 Å².